The van der Waals surface area contributed by atoms with Crippen LogP contribution in [0.2, 0.25) is 0 Å². The molecule has 0 bridgehead atoms. The smallest absolute Gasteiger partial charge is 0.293 e. The third kappa shape index (κ3) is 3.57. The molecule has 1 saturated heterocycles. The number of hydrogen-bond acceptors (Lipinski definition) is 7. The topological polar surface area (TPSA) is 95.3 Å². The first-order valence-electron chi connectivity index (χ1n) is 7.15. The first-order valence-corrected chi connectivity index (χ1v) is 7.97. The van der Waals surface area contributed by atoms with Crippen LogP contribution in [0.1, 0.15) is 24.0 Å². The summed E-state index contributed by atoms with van der Waals surface area (Å²) in [6.45, 7) is 0.607. The average molecular weight is 336 g/mol. The number of nitrogens with one attached hydrogen (secondary N) is 1. The van der Waals surface area contributed by atoms with E-state index in [2.05, 4.69) is 15.5 Å². The highest BCUT2D eigenvalue weighted by Crippen LogP contribution is 2.31. The normalized spacial score (nSPS) is 17.2. The first-order chi connectivity index (χ1) is 11.2. The Hall–Kier alpha value is -2.26. The number of amides is 1. The van der Waals surface area contributed by atoms with E-state index in [4.69, 9.17) is 9.47 Å². The second kappa shape index (κ2) is 6.88. The molecule has 1 N–H and O–H groups in total. The fraction of sp³-hybridized carbons (Fsp3) is 0.429. The van der Waals surface area contributed by atoms with E-state index in [0.717, 1.165) is 24.5 Å². The van der Waals surface area contributed by atoms with Crippen LogP contribution < -0.4 is 15.6 Å². The largest absolute Gasteiger partial charge is 0.491 e. The number of ether oxygens (including phenoxy) is 2. The molecule has 23 heavy (non-hydrogen) atoms. The second-order valence-electron chi connectivity index (χ2n) is 5.00. The number of carbonyl (C=O) groups is 1. The maximum Gasteiger partial charge on any atom is 0.293 e. The summed E-state index contributed by atoms with van der Waals surface area (Å²) in [6, 6.07) is 3.20. The third-order valence-corrected chi connectivity index (χ3v) is 4.34. The number of rotatable bonds is 5. The number of nitrogens with zero attached hydrogens (tertiary/aromatic N) is 3. The SMILES string of the molecule is COc1cccn(CC(=O)Nc2nnc(C3CCCO3)s2)c1=O. The lowest BCUT2D eigenvalue weighted by atomic mass is 10.2. The van der Waals surface area contributed by atoms with E-state index in [1.54, 1.807) is 12.1 Å². The van der Waals surface area contributed by atoms with Crippen LogP contribution in [0.15, 0.2) is 23.1 Å². The highest BCUT2D eigenvalue weighted by molar-refractivity contribution is 7.15. The van der Waals surface area contributed by atoms with Crippen molar-refractivity contribution in [3.63, 3.8) is 0 Å². The number of anilines is 1. The van der Waals surface area contributed by atoms with Crippen molar-refractivity contribution in [1.82, 2.24) is 14.8 Å². The van der Waals surface area contributed by atoms with Crippen molar-refractivity contribution in [1.29, 1.82) is 0 Å². The van der Waals surface area contributed by atoms with E-state index in [0.29, 0.717) is 5.13 Å². The number of carbonyl (C=O) groups excluding carboxylic acids is 1. The summed E-state index contributed by atoms with van der Waals surface area (Å²) in [5.74, 6) is -0.160. The zero-order chi connectivity index (χ0) is 16.2. The highest BCUT2D eigenvalue weighted by atomic mass is 32.1. The minimum Gasteiger partial charge on any atom is -0.491 e. The van der Waals surface area contributed by atoms with Gasteiger partial charge in [0.2, 0.25) is 11.0 Å². The van der Waals surface area contributed by atoms with Gasteiger partial charge in [-0.1, -0.05) is 11.3 Å². The monoisotopic (exact) mass is 336 g/mol. The Morgan fingerprint density at radius 3 is 3.17 bits per heavy atom. The Labute approximate surface area is 136 Å². The highest BCUT2D eigenvalue weighted by Gasteiger charge is 2.22. The Kier molecular flexibility index (Phi) is 4.68. The van der Waals surface area contributed by atoms with Gasteiger partial charge in [0.05, 0.1) is 7.11 Å². The molecule has 122 valence electrons. The van der Waals surface area contributed by atoms with E-state index < -0.39 is 0 Å². The molecule has 3 heterocycles. The molecular weight excluding hydrogens is 320 g/mol. The van der Waals surface area contributed by atoms with Crippen molar-refractivity contribution < 1.29 is 14.3 Å². The molecule has 1 unspecified atom stereocenters. The summed E-state index contributed by atoms with van der Waals surface area (Å²) >= 11 is 1.29. The molecule has 1 atom stereocenters. The van der Waals surface area contributed by atoms with Crippen LogP contribution in [0.4, 0.5) is 5.13 Å². The van der Waals surface area contributed by atoms with Gasteiger partial charge >= 0.3 is 0 Å². The van der Waals surface area contributed by atoms with Crippen molar-refractivity contribution >= 4 is 22.4 Å². The molecule has 1 amide bonds. The number of pyridine rings is 1. The van der Waals surface area contributed by atoms with Crippen LogP contribution in [-0.4, -0.2) is 34.4 Å². The summed E-state index contributed by atoms with van der Waals surface area (Å²) in [4.78, 5) is 24.0. The van der Waals surface area contributed by atoms with E-state index >= 15 is 0 Å². The molecule has 0 radical (unpaired) electrons. The van der Waals surface area contributed by atoms with Crippen molar-refractivity contribution in [3.05, 3.63) is 33.7 Å². The van der Waals surface area contributed by atoms with Crippen LogP contribution in [0, 0.1) is 0 Å². The Bertz CT molecular complexity index is 751. The molecule has 2 aromatic heterocycles. The lowest BCUT2D eigenvalue weighted by Crippen LogP contribution is -2.27. The molecule has 0 aliphatic carbocycles. The van der Waals surface area contributed by atoms with Gasteiger partial charge in [0, 0.05) is 12.8 Å². The van der Waals surface area contributed by atoms with E-state index in [1.807, 2.05) is 0 Å². The maximum atomic E-state index is 12.1. The van der Waals surface area contributed by atoms with E-state index in [-0.39, 0.29) is 29.9 Å². The quantitative estimate of drug-likeness (QED) is 0.881. The predicted molar refractivity (Wildman–Crippen MR) is 83.7 cm³/mol. The zero-order valence-corrected chi connectivity index (χ0v) is 13.3. The Balaban J connectivity index is 1.64. The van der Waals surface area contributed by atoms with Gasteiger partial charge < -0.3 is 14.0 Å². The van der Waals surface area contributed by atoms with Crippen LogP contribution in [0.25, 0.3) is 0 Å². The lowest BCUT2D eigenvalue weighted by molar-refractivity contribution is -0.116. The molecule has 1 aliphatic heterocycles. The minimum absolute atomic E-state index is 0.0286. The summed E-state index contributed by atoms with van der Waals surface area (Å²) in [5.41, 5.74) is -0.359. The average Bonchev–Trinajstić information content (AvgIpc) is 3.20. The van der Waals surface area contributed by atoms with Crippen molar-refractivity contribution in [3.8, 4) is 5.75 Å². The Morgan fingerprint density at radius 2 is 2.43 bits per heavy atom. The molecule has 0 aromatic carbocycles. The third-order valence-electron chi connectivity index (χ3n) is 3.41. The maximum absolute atomic E-state index is 12.1. The summed E-state index contributed by atoms with van der Waals surface area (Å²) < 4.78 is 11.8. The number of aromatic nitrogens is 3. The fourth-order valence-corrected chi connectivity index (χ4v) is 3.14. The lowest BCUT2D eigenvalue weighted by Gasteiger charge is -2.06. The zero-order valence-electron chi connectivity index (χ0n) is 12.5. The summed E-state index contributed by atoms with van der Waals surface area (Å²) in [5, 5.41) is 11.8. The van der Waals surface area contributed by atoms with Crippen molar-refractivity contribution in [2.75, 3.05) is 19.0 Å². The summed E-state index contributed by atoms with van der Waals surface area (Å²) in [6.07, 6.45) is 3.42. The van der Waals surface area contributed by atoms with E-state index in [1.165, 1.54) is 29.2 Å². The number of methoxy groups -OCH3 is 1. The van der Waals surface area contributed by atoms with Crippen LogP contribution in [0.3, 0.4) is 0 Å². The first kappa shape index (κ1) is 15.6. The van der Waals surface area contributed by atoms with Gasteiger partial charge in [-0.3, -0.25) is 14.9 Å². The number of hydrogen-bond donors (Lipinski definition) is 1. The van der Waals surface area contributed by atoms with Gasteiger partial charge in [0.25, 0.3) is 5.56 Å². The van der Waals surface area contributed by atoms with Crippen molar-refractivity contribution in [2.45, 2.75) is 25.5 Å². The molecular formula is C14H16N4O4S. The fourth-order valence-electron chi connectivity index (χ4n) is 2.30. The molecule has 8 nitrogen and oxygen atoms in total. The van der Waals surface area contributed by atoms with Crippen LogP contribution in [-0.2, 0) is 16.1 Å². The molecule has 1 fully saturated rings. The minimum atomic E-state index is -0.359. The molecule has 3 rings (SSSR count). The molecule has 0 spiro atoms. The van der Waals surface area contributed by atoms with Gasteiger partial charge in [-0.05, 0) is 25.0 Å². The van der Waals surface area contributed by atoms with Gasteiger partial charge in [-0.15, -0.1) is 10.2 Å². The molecule has 1 aliphatic rings. The standard InChI is InChI=1S/C14H16N4O4S/c1-21-10-4-2-6-18(13(10)20)8-11(19)15-14-17-16-12(23-14)9-5-3-7-22-9/h2,4,6,9H,3,5,7-8H2,1H3,(H,15,17,19). The van der Waals surface area contributed by atoms with Gasteiger partial charge in [0.1, 0.15) is 17.7 Å². The van der Waals surface area contributed by atoms with Crippen LogP contribution >= 0.6 is 11.3 Å². The van der Waals surface area contributed by atoms with Gasteiger partial charge in [-0.25, -0.2) is 0 Å². The van der Waals surface area contributed by atoms with E-state index in [9.17, 15) is 9.59 Å². The van der Waals surface area contributed by atoms with Gasteiger partial charge in [-0.2, -0.15) is 0 Å². The summed E-state index contributed by atoms with van der Waals surface area (Å²) in [7, 11) is 1.41. The Morgan fingerprint density at radius 1 is 1.57 bits per heavy atom. The predicted octanol–water partition coefficient (Wildman–Crippen LogP) is 1.20. The van der Waals surface area contributed by atoms with Gasteiger partial charge in [0.15, 0.2) is 5.75 Å². The van der Waals surface area contributed by atoms with Crippen molar-refractivity contribution in [2.24, 2.45) is 0 Å². The van der Waals surface area contributed by atoms with Crippen LogP contribution in [0.5, 0.6) is 5.75 Å². The molecule has 2 aromatic rings. The second-order valence-corrected chi connectivity index (χ2v) is 6.01. The molecule has 0 saturated carbocycles. The molecule has 9 heteroatoms.